The zero-order chi connectivity index (χ0) is 6.69. The van der Waals surface area contributed by atoms with Crippen LogP contribution in [0.15, 0.2) is 0 Å². The first-order valence-electron chi connectivity index (χ1n) is 3.18. The molecule has 0 radical (unpaired) electrons. The number of hydrogen-bond donors (Lipinski definition) is 0. The van der Waals surface area contributed by atoms with Crippen LogP contribution in [0.5, 0.6) is 0 Å². The maximum absolute atomic E-state index is 5.27. The van der Waals surface area contributed by atoms with E-state index in [1.165, 1.54) is 0 Å². The van der Waals surface area contributed by atoms with Gasteiger partial charge in [-0.15, -0.1) is 0 Å². The molecule has 0 aromatic carbocycles. The van der Waals surface area contributed by atoms with Crippen molar-refractivity contribution in [2.75, 3.05) is 13.2 Å². The third kappa shape index (κ3) is 3.53. The van der Waals surface area contributed by atoms with Gasteiger partial charge in [-0.3, -0.25) is 0 Å². The molecule has 58 valence electrons. The predicted octanol–water partition coefficient (Wildman–Crippen LogP) is 1.38. The number of rotatable bonds is 1. The summed E-state index contributed by atoms with van der Waals surface area (Å²) in [6, 6.07) is 0. The van der Waals surface area contributed by atoms with Crippen molar-refractivity contribution in [2.24, 2.45) is 0 Å². The van der Waals surface area contributed by atoms with Crippen LogP contribution in [0, 0.1) is 0 Å². The summed E-state index contributed by atoms with van der Waals surface area (Å²) in [5.74, 6) is 0. The SMILES string of the molecule is CC(Br)C1OCCCO1.[H-].[H-].[Mg+2]. The fourth-order valence-corrected chi connectivity index (χ4v) is 1.08. The van der Waals surface area contributed by atoms with E-state index in [9.17, 15) is 0 Å². The first kappa shape index (κ1) is 11.2. The van der Waals surface area contributed by atoms with Gasteiger partial charge in [-0.2, -0.15) is 0 Å². The third-order valence-electron chi connectivity index (χ3n) is 1.23. The Balaban J connectivity index is -0.000000270. The van der Waals surface area contributed by atoms with Crippen molar-refractivity contribution in [3.63, 3.8) is 0 Å². The van der Waals surface area contributed by atoms with E-state index in [4.69, 9.17) is 9.47 Å². The second-order valence-corrected chi connectivity index (χ2v) is 3.59. The zero-order valence-electron chi connectivity index (χ0n) is 8.18. The van der Waals surface area contributed by atoms with Gasteiger partial charge >= 0.3 is 23.1 Å². The number of alkyl halides is 1. The molecule has 4 heteroatoms. The monoisotopic (exact) mass is 220 g/mol. The molecule has 1 fully saturated rings. The summed E-state index contributed by atoms with van der Waals surface area (Å²) >= 11 is 3.39. The number of halogens is 1. The van der Waals surface area contributed by atoms with E-state index in [2.05, 4.69) is 15.9 Å². The van der Waals surface area contributed by atoms with E-state index in [-0.39, 0.29) is 32.2 Å². The van der Waals surface area contributed by atoms with Crippen molar-refractivity contribution in [3.8, 4) is 0 Å². The summed E-state index contributed by atoms with van der Waals surface area (Å²) < 4.78 is 10.5. The Kier molecular flexibility index (Phi) is 6.44. The van der Waals surface area contributed by atoms with Gasteiger partial charge in [0, 0.05) is 0 Å². The predicted molar refractivity (Wildman–Crippen MR) is 46.7 cm³/mol. The van der Waals surface area contributed by atoms with Gasteiger partial charge in [-0.05, 0) is 13.3 Å². The van der Waals surface area contributed by atoms with Gasteiger partial charge in [0.15, 0.2) is 6.29 Å². The van der Waals surface area contributed by atoms with E-state index in [0.717, 1.165) is 19.6 Å². The van der Waals surface area contributed by atoms with E-state index in [1.54, 1.807) is 0 Å². The largest absolute Gasteiger partial charge is 2.00 e. The Morgan fingerprint density at radius 3 is 2.30 bits per heavy atom. The molecule has 1 atom stereocenters. The molecule has 0 amide bonds. The summed E-state index contributed by atoms with van der Waals surface area (Å²) in [4.78, 5) is 0.304. The molecule has 1 rings (SSSR count). The van der Waals surface area contributed by atoms with Gasteiger partial charge in [-0.25, -0.2) is 0 Å². The van der Waals surface area contributed by atoms with Crippen molar-refractivity contribution >= 4 is 39.0 Å². The molecule has 10 heavy (non-hydrogen) atoms. The van der Waals surface area contributed by atoms with Gasteiger partial charge in [-0.1, -0.05) is 15.9 Å². The molecule has 1 unspecified atom stereocenters. The van der Waals surface area contributed by atoms with Crippen LogP contribution in [-0.4, -0.2) is 47.4 Å². The average Bonchev–Trinajstić information content (AvgIpc) is 1.90. The van der Waals surface area contributed by atoms with Crippen molar-refractivity contribution in [1.29, 1.82) is 0 Å². The van der Waals surface area contributed by atoms with E-state index >= 15 is 0 Å². The van der Waals surface area contributed by atoms with Gasteiger partial charge in [0.2, 0.25) is 0 Å². The van der Waals surface area contributed by atoms with Crippen LogP contribution in [0.4, 0.5) is 0 Å². The van der Waals surface area contributed by atoms with Crippen LogP contribution in [-0.2, 0) is 9.47 Å². The maximum Gasteiger partial charge on any atom is 2.00 e. The summed E-state index contributed by atoms with van der Waals surface area (Å²) in [6.45, 7) is 3.69. The molecule has 0 aliphatic carbocycles. The fraction of sp³-hybridized carbons (Fsp3) is 1.00. The van der Waals surface area contributed by atoms with Gasteiger partial charge < -0.3 is 12.3 Å². The van der Waals surface area contributed by atoms with Gasteiger partial charge in [0.05, 0.1) is 18.0 Å². The Morgan fingerprint density at radius 2 is 2.00 bits per heavy atom. The van der Waals surface area contributed by atoms with Crippen LogP contribution >= 0.6 is 15.9 Å². The van der Waals surface area contributed by atoms with Crippen LogP contribution in [0.2, 0.25) is 0 Å². The third-order valence-corrected chi connectivity index (χ3v) is 1.66. The number of ether oxygens (including phenoxy) is 2. The second kappa shape index (κ2) is 5.77. The molecular weight excluding hydrogens is 208 g/mol. The van der Waals surface area contributed by atoms with Crippen molar-refractivity contribution in [2.45, 2.75) is 24.5 Å². The zero-order valence-corrected chi connectivity index (χ0v) is 9.18. The molecule has 1 aliphatic rings. The molecule has 0 bridgehead atoms. The van der Waals surface area contributed by atoms with E-state index < -0.39 is 0 Å². The minimum Gasteiger partial charge on any atom is -1.00 e. The van der Waals surface area contributed by atoms with Gasteiger partial charge in [0.1, 0.15) is 0 Å². The smallest absolute Gasteiger partial charge is 1.00 e. The first-order valence-corrected chi connectivity index (χ1v) is 4.09. The molecule has 1 saturated heterocycles. The fourth-order valence-electron chi connectivity index (χ4n) is 0.771. The molecule has 2 nitrogen and oxygen atoms in total. The maximum atomic E-state index is 5.27. The Morgan fingerprint density at radius 1 is 1.50 bits per heavy atom. The standard InChI is InChI=1S/C6H11BrO2.Mg.2H/c1-5(7)6-8-3-2-4-9-6;;;/h5-6H,2-4H2,1H3;;;/q;+2;2*-1. The van der Waals surface area contributed by atoms with Crippen LogP contribution in [0.3, 0.4) is 0 Å². The minimum atomic E-state index is -0.0289. The molecule has 0 saturated carbocycles. The van der Waals surface area contributed by atoms with Crippen LogP contribution < -0.4 is 0 Å². The first-order chi connectivity index (χ1) is 4.30. The second-order valence-electron chi connectivity index (χ2n) is 2.14. The van der Waals surface area contributed by atoms with Crippen LogP contribution in [0.1, 0.15) is 16.2 Å². The topological polar surface area (TPSA) is 18.5 Å². The Hall–Kier alpha value is 1.17. The summed E-state index contributed by atoms with van der Waals surface area (Å²) in [5, 5.41) is 0. The molecule has 1 heterocycles. The van der Waals surface area contributed by atoms with Crippen molar-refractivity contribution in [1.82, 2.24) is 0 Å². The molecule has 0 N–H and O–H groups in total. The van der Waals surface area contributed by atoms with Crippen molar-refractivity contribution < 1.29 is 12.3 Å². The number of hydrogen-bond acceptors (Lipinski definition) is 2. The summed E-state index contributed by atoms with van der Waals surface area (Å²) in [7, 11) is 0. The summed E-state index contributed by atoms with van der Waals surface area (Å²) in [6.07, 6.45) is 0.995. The van der Waals surface area contributed by atoms with E-state index in [1.807, 2.05) is 6.92 Å². The quantitative estimate of drug-likeness (QED) is 0.492. The minimum absolute atomic E-state index is 0. The average molecular weight is 221 g/mol. The normalized spacial score (nSPS) is 23.4. The van der Waals surface area contributed by atoms with Crippen molar-refractivity contribution in [3.05, 3.63) is 0 Å². The molecule has 1 aliphatic heterocycles. The Labute approximate surface area is 88.9 Å². The molecule has 0 spiro atoms. The molecule has 0 aromatic heterocycles. The van der Waals surface area contributed by atoms with Crippen LogP contribution in [0.25, 0.3) is 0 Å². The van der Waals surface area contributed by atoms with Gasteiger partial charge in [0.25, 0.3) is 0 Å². The molecule has 0 aromatic rings. The summed E-state index contributed by atoms with van der Waals surface area (Å²) in [5.41, 5.74) is 0. The Bertz CT molecular complexity index is 91.6. The van der Waals surface area contributed by atoms with E-state index in [0.29, 0.717) is 4.83 Å². The molecular formula is C6H13BrMgO2.